The maximum absolute atomic E-state index is 9.61. The third-order valence-corrected chi connectivity index (χ3v) is 10.3. The van der Waals surface area contributed by atoms with Gasteiger partial charge in [-0.15, -0.1) is 0 Å². The van der Waals surface area contributed by atoms with Gasteiger partial charge in [0.1, 0.15) is 11.2 Å². The summed E-state index contributed by atoms with van der Waals surface area (Å²) in [5.74, 6) is 0. The first-order valence-corrected chi connectivity index (χ1v) is 16.2. The van der Waals surface area contributed by atoms with E-state index in [9.17, 15) is 2.74 Å². The third-order valence-electron chi connectivity index (χ3n) is 10.3. The van der Waals surface area contributed by atoms with Crippen molar-refractivity contribution in [2.75, 3.05) is 0 Å². The summed E-state index contributed by atoms with van der Waals surface area (Å²) < 4.78 is 86.6. The third kappa shape index (κ3) is 4.29. The Bertz CT molecular complexity index is 3000. The second kappa shape index (κ2) is 10.2. The zero-order valence-electron chi connectivity index (χ0n) is 35.8. The van der Waals surface area contributed by atoms with Gasteiger partial charge in [0.25, 0.3) is 0 Å². The Labute approximate surface area is 289 Å². The van der Waals surface area contributed by atoms with E-state index in [4.69, 9.17) is 14.0 Å². The van der Waals surface area contributed by atoms with E-state index in [0.29, 0.717) is 33.0 Å². The fraction of sp³-hybridized carbons (Fsp3) is 0.174. The van der Waals surface area contributed by atoms with Crippen LogP contribution in [0.3, 0.4) is 0 Å². The summed E-state index contributed by atoms with van der Waals surface area (Å²) in [6.07, 6.45) is 1.69. The second-order valence-corrected chi connectivity index (χ2v) is 14.1. The predicted molar refractivity (Wildman–Crippen MR) is 200 cm³/mol. The van der Waals surface area contributed by atoms with Crippen molar-refractivity contribution in [3.8, 4) is 33.4 Å². The molecule has 228 valence electrons. The first kappa shape index (κ1) is 20.2. The number of benzene rings is 7. The summed E-state index contributed by atoms with van der Waals surface area (Å²) >= 11 is 0. The van der Waals surface area contributed by atoms with Gasteiger partial charge in [-0.3, -0.25) is 0 Å². The average Bonchev–Trinajstić information content (AvgIpc) is 3.56. The normalized spacial score (nSPS) is 18.1. The molecule has 1 aromatic heterocycles. The Morgan fingerprint density at radius 2 is 1.13 bits per heavy atom. The van der Waals surface area contributed by atoms with E-state index in [1.54, 1.807) is 0 Å². The molecular formula is C46H38O. The van der Waals surface area contributed by atoms with Crippen molar-refractivity contribution in [2.24, 2.45) is 0 Å². The molecule has 0 unspecified atom stereocenters. The largest absolute Gasteiger partial charge is 0.456 e. The van der Waals surface area contributed by atoms with Crippen LogP contribution in [0.2, 0.25) is 0 Å². The summed E-state index contributed by atoms with van der Waals surface area (Å²) in [6, 6.07) is 22.5. The van der Waals surface area contributed by atoms with Crippen LogP contribution in [0.25, 0.3) is 76.9 Å². The zero-order chi connectivity index (χ0) is 39.7. The molecule has 1 heteroatoms. The lowest BCUT2D eigenvalue weighted by Crippen LogP contribution is -2.34. The van der Waals surface area contributed by atoms with Gasteiger partial charge in [0, 0.05) is 10.8 Å². The van der Waals surface area contributed by atoms with Crippen molar-refractivity contribution >= 4 is 43.5 Å². The van der Waals surface area contributed by atoms with E-state index in [-0.39, 0.29) is 52.6 Å². The molecule has 8 aromatic rings. The summed E-state index contributed by atoms with van der Waals surface area (Å²) in [7, 11) is 0. The molecule has 0 N–H and O–H groups in total. The number of hydrogen-bond donors (Lipinski definition) is 0. The summed E-state index contributed by atoms with van der Waals surface area (Å²) in [5.41, 5.74) is 6.05. The van der Waals surface area contributed by atoms with Gasteiger partial charge >= 0.3 is 0 Å². The van der Waals surface area contributed by atoms with Crippen LogP contribution < -0.4 is 0 Å². The standard InChI is InChI=1S/C46H38O/c1-45(2)24-25-46(3,4)44-38(27-31(28-39(44)45)29-14-6-5-7-15-29)43-35-19-10-8-17-33(35)42(34-18-9-11-20-36(34)43)30-22-23-41-37(26-30)32-16-12-13-21-40(32)47-41/h5-23,26-28H,24-25H2,1-4H3/i5D,6D,7D,8D,10D,14D,15D,17D,19D. The van der Waals surface area contributed by atoms with Crippen LogP contribution >= 0.6 is 0 Å². The van der Waals surface area contributed by atoms with Crippen LogP contribution in [0, 0.1) is 0 Å². The second-order valence-electron chi connectivity index (χ2n) is 14.1. The lowest BCUT2D eigenvalue weighted by Gasteiger charge is -2.43. The van der Waals surface area contributed by atoms with E-state index in [1.165, 1.54) is 0 Å². The van der Waals surface area contributed by atoms with Crippen LogP contribution in [0.5, 0.6) is 0 Å². The summed E-state index contributed by atoms with van der Waals surface area (Å²) in [4.78, 5) is 0. The van der Waals surface area contributed by atoms with E-state index in [1.807, 2.05) is 78.9 Å². The van der Waals surface area contributed by atoms with E-state index >= 15 is 0 Å². The van der Waals surface area contributed by atoms with Gasteiger partial charge in [-0.25, -0.2) is 0 Å². The molecule has 0 saturated carbocycles. The molecule has 1 aliphatic carbocycles. The van der Waals surface area contributed by atoms with E-state index in [0.717, 1.165) is 62.2 Å². The molecule has 9 rings (SSSR count). The molecule has 0 bridgehead atoms. The Balaban J connectivity index is 1.51. The van der Waals surface area contributed by atoms with Crippen molar-refractivity contribution in [3.05, 3.63) is 144 Å². The highest BCUT2D eigenvalue weighted by atomic mass is 16.3. The van der Waals surface area contributed by atoms with Crippen molar-refractivity contribution in [1.29, 1.82) is 0 Å². The number of rotatable bonds is 3. The molecule has 0 atom stereocenters. The van der Waals surface area contributed by atoms with Gasteiger partial charge in [0.15, 0.2) is 0 Å². The molecule has 0 saturated heterocycles. The van der Waals surface area contributed by atoms with Crippen LogP contribution in [-0.4, -0.2) is 0 Å². The molecule has 1 aliphatic rings. The molecule has 0 aliphatic heterocycles. The Morgan fingerprint density at radius 1 is 0.511 bits per heavy atom. The van der Waals surface area contributed by atoms with Crippen LogP contribution in [0.1, 0.15) is 64.0 Å². The van der Waals surface area contributed by atoms with Gasteiger partial charge < -0.3 is 4.42 Å². The Hall–Kier alpha value is -5.14. The first-order valence-electron chi connectivity index (χ1n) is 20.7. The number of fused-ring (bicyclic) bond motifs is 6. The molecule has 47 heavy (non-hydrogen) atoms. The smallest absolute Gasteiger partial charge is 0.135 e. The van der Waals surface area contributed by atoms with E-state index < -0.39 is 18.1 Å². The van der Waals surface area contributed by atoms with Crippen LogP contribution in [0.4, 0.5) is 0 Å². The molecule has 0 radical (unpaired) electrons. The predicted octanol–water partition coefficient (Wildman–Crippen LogP) is 13.2. The number of para-hydroxylation sites is 1. The fourth-order valence-corrected chi connectivity index (χ4v) is 7.86. The number of hydrogen-bond acceptors (Lipinski definition) is 1. The van der Waals surface area contributed by atoms with Crippen LogP contribution in [-0.2, 0) is 10.8 Å². The average molecular weight is 616 g/mol. The van der Waals surface area contributed by atoms with Crippen LogP contribution in [0.15, 0.2) is 138 Å². The molecule has 7 aromatic carbocycles. The van der Waals surface area contributed by atoms with Gasteiger partial charge in [0.2, 0.25) is 0 Å². The molecule has 0 spiro atoms. The molecular weight excluding hydrogens is 569 g/mol. The number of furan rings is 1. The maximum atomic E-state index is 9.61. The highest BCUT2D eigenvalue weighted by Crippen LogP contribution is 2.54. The fourth-order valence-electron chi connectivity index (χ4n) is 7.86. The van der Waals surface area contributed by atoms with Gasteiger partial charge in [-0.1, -0.05) is 137 Å². The highest BCUT2D eigenvalue weighted by molar-refractivity contribution is 6.22. The van der Waals surface area contributed by atoms with Crippen molar-refractivity contribution < 1.29 is 16.8 Å². The minimum absolute atomic E-state index is 0.0898. The van der Waals surface area contributed by atoms with Gasteiger partial charge in [-0.2, -0.15) is 0 Å². The SMILES string of the molecule is [2H]c1c([2H])c([2H])c(-c2cc(-c3c4ccccc4c(-c4ccc5oc6ccccc6c5c4)c4c([2H])c([2H])c([2H])c([2H])c34)c3c(c2)C(C)(C)CCC3(C)C)c([2H])c1[2H]. The molecule has 0 amide bonds. The maximum Gasteiger partial charge on any atom is 0.135 e. The lowest BCUT2D eigenvalue weighted by atomic mass is 9.60. The van der Waals surface area contributed by atoms with Crippen molar-refractivity contribution in [2.45, 2.75) is 51.4 Å². The van der Waals surface area contributed by atoms with Gasteiger partial charge in [-0.05, 0) is 114 Å². The lowest BCUT2D eigenvalue weighted by molar-refractivity contribution is 0.333. The first-order chi connectivity index (χ1) is 26.5. The highest BCUT2D eigenvalue weighted by Gasteiger charge is 2.40. The molecule has 0 fully saturated rings. The Kier molecular flexibility index (Phi) is 4.37. The zero-order valence-corrected chi connectivity index (χ0v) is 26.8. The Morgan fingerprint density at radius 3 is 1.89 bits per heavy atom. The van der Waals surface area contributed by atoms with Gasteiger partial charge in [0.05, 0.1) is 12.3 Å². The quantitative estimate of drug-likeness (QED) is 0.180. The summed E-state index contributed by atoms with van der Waals surface area (Å²) in [6.45, 7) is 8.70. The molecule has 1 nitrogen and oxygen atoms in total. The van der Waals surface area contributed by atoms with E-state index in [2.05, 4.69) is 27.7 Å². The minimum Gasteiger partial charge on any atom is -0.456 e. The van der Waals surface area contributed by atoms with Crippen molar-refractivity contribution in [3.63, 3.8) is 0 Å². The molecule has 1 heterocycles. The topological polar surface area (TPSA) is 13.1 Å². The minimum atomic E-state index is -0.464. The van der Waals surface area contributed by atoms with Crippen molar-refractivity contribution in [1.82, 2.24) is 0 Å². The summed E-state index contributed by atoms with van der Waals surface area (Å²) in [5, 5.41) is 4.15. The monoisotopic (exact) mass is 615 g/mol.